The first-order valence-electron chi connectivity index (χ1n) is 7.48. The highest BCUT2D eigenvalue weighted by Crippen LogP contribution is 2.21. The van der Waals surface area contributed by atoms with Crippen LogP contribution in [0.25, 0.3) is 10.9 Å². The number of carbonyl (C=O) groups excluding carboxylic acids is 1. The number of nitrogens with zero attached hydrogens (tertiary/aromatic N) is 3. The highest BCUT2D eigenvalue weighted by molar-refractivity contribution is 6.07. The summed E-state index contributed by atoms with van der Waals surface area (Å²) in [4.78, 5) is 24.9. The molecule has 0 spiro atoms. The van der Waals surface area contributed by atoms with Gasteiger partial charge in [-0.1, -0.05) is 18.2 Å². The predicted molar refractivity (Wildman–Crippen MR) is 92.1 cm³/mol. The molecule has 2 aromatic heterocycles. The molecule has 0 fully saturated rings. The summed E-state index contributed by atoms with van der Waals surface area (Å²) in [5.41, 5.74) is 1.66. The number of amides is 1. The van der Waals surface area contributed by atoms with Gasteiger partial charge >= 0.3 is 0 Å². The van der Waals surface area contributed by atoms with Crippen LogP contribution in [0.1, 0.15) is 10.5 Å². The largest absolute Gasteiger partial charge is 0.383 e. The molecule has 0 aliphatic carbocycles. The van der Waals surface area contributed by atoms with E-state index in [0.29, 0.717) is 24.7 Å². The number of carbonyl (C=O) groups is 1. The summed E-state index contributed by atoms with van der Waals surface area (Å²) in [7, 11) is 1.62. The van der Waals surface area contributed by atoms with Crippen LogP contribution >= 0.6 is 0 Å². The molecule has 0 unspecified atom stereocenters. The van der Waals surface area contributed by atoms with Gasteiger partial charge in [0, 0.05) is 31.3 Å². The molecule has 0 bridgehead atoms. The Labute approximate surface area is 139 Å². The molecular weight excluding hydrogens is 306 g/mol. The average molecular weight is 323 g/mol. The Morgan fingerprint density at radius 2 is 2.04 bits per heavy atom. The van der Waals surface area contributed by atoms with E-state index in [0.717, 1.165) is 10.9 Å². The van der Waals surface area contributed by atoms with Crippen molar-refractivity contribution in [3.63, 3.8) is 0 Å². The highest BCUT2D eigenvalue weighted by atomic mass is 16.5. The molecule has 7 nitrogen and oxygen atoms in total. The zero-order valence-electron chi connectivity index (χ0n) is 13.2. The lowest BCUT2D eigenvalue weighted by Gasteiger charge is -2.09. The van der Waals surface area contributed by atoms with Crippen molar-refractivity contribution in [2.75, 3.05) is 30.9 Å². The number of para-hydroxylation sites is 1. The number of fused-ring (bicyclic) bond motifs is 1. The number of anilines is 2. The van der Waals surface area contributed by atoms with E-state index in [-0.39, 0.29) is 11.6 Å². The van der Waals surface area contributed by atoms with Crippen LogP contribution in [0, 0.1) is 0 Å². The van der Waals surface area contributed by atoms with E-state index in [1.54, 1.807) is 19.4 Å². The van der Waals surface area contributed by atoms with Gasteiger partial charge in [0.2, 0.25) is 0 Å². The number of hydrogen-bond donors (Lipinski definition) is 2. The van der Waals surface area contributed by atoms with Crippen LogP contribution in [-0.4, -0.2) is 41.1 Å². The fraction of sp³-hybridized carbons (Fsp3) is 0.176. The van der Waals surface area contributed by atoms with Crippen LogP contribution in [0.15, 0.2) is 48.9 Å². The van der Waals surface area contributed by atoms with Gasteiger partial charge in [0.15, 0.2) is 0 Å². The van der Waals surface area contributed by atoms with Gasteiger partial charge in [0.25, 0.3) is 5.91 Å². The summed E-state index contributed by atoms with van der Waals surface area (Å²) in [5.74, 6) is 0.258. The first-order valence-corrected chi connectivity index (χ1v) is 7.48. The normalized spacial score (nSPS) is 10.5. The number of ether oxygens (including phenoxy) is 1. The molecule has 1 amide bonds. The Bertz CT molecular complexity index is 848. The fourth-order valence-corrected chi connectivity index (χ4v) is 2.25. The van der Waals surface area contributed by atoms with E-state index in [1.807, 2.05) is 30.3 Å². The summed E-state index contributed by atoms with van der Waals surface area (Å²) < 4.78 is 4.97. The number of aromatic nitrogens is 3. The Kier molecular flexibility index (Phi) is 4.93. The smallest absolute Gasteiger partial charge is 0.274 e. The molecule has 1 aromatic carbocycles. The maximum Gasteiger partial charge on any atom is 0.274 e. The molecule has 2 heterocycles. The molecule has 0 atom stereocenters. The van der Waals surface area contributed by atoms with Crippen molar-refractivity contribution in [2.45, 2.75) is 0 Å². The second-order valence-electron chi connectivity index (χ2n) is 5.04. The van der Waals surface area contributed by atoms with Crippen LogP contribution in [-0.2, 0) is 4.74 Å². The van der Waals surface area contributed by atoms with E-state index >= 15 is 0 Å². The molecule has 3 rings (SSSR count). The summed E-state index contributed by atoms with van der Waals surface area (Å²) in [5, 5.41) is 6.88. The number of nitrogens with one attached hydrogen (secondary N) is 2. The van der Waals surface area contributed by atoms with Gasteiger partial charge in [0.05, 0.1) is 17.8 Å². The van der Waals surface area contributed by atoms with E-state index in [2.05, 4.69) is 25.6 Å². The minimum atomic E-state index is -0.314. The van der Waals surface area contributed by atoms with Gasteiger partial charge in [-0.3, -0.25) is 9.78 Å². The van der Waals surface area contributed by atoms with E-state index in [4.69, 9.17) is 4.74 Å². The lowest BCUT2D eigenvalue weighted by Crippen LogP contribution is -2.16. The third-order valence-electron chi connectivity index (χ3n) is 3.39. The van der Waals surface area contributed by atoms with Crippen molar-refractivity contribution >= 4 is 28.3 Å². The molecular formula is C17H17N5O2. The number of pyridine rings is 1. The predicted octanol–water partition coefficient (Wildman–Crippen LogP) is 2.34. The van der Waals surface area contributed by atoms with Crippen molar-refractivity contribution in [1.82, 2.24) is 15.0 Å². The number of benzene rings is 1. The van der Waals surface area contributed by atoms with Crippen LogP contribution in [0.4, 0.5) is 11.5 Å². The molecule has 3 aromatic rings. The van der Waals surface area contributed by atoms with Gasteiger partial charge in [-0.25, -0.2) is 9.97 Å². The van der Waals surface area contributed by atoms with E-state index in [1.165, 1.54) is 6.33 Å². The van der Waals surface area contributed by atoms with Crippen molar-refractivity contribution in [3.05, 3.63) is 54.6 Å². The average Bonchev–Trinajstić information content (AvgIpc) is 2.62. The molecule has 0 radical (unpaired) electrons. The molecule has 7 heteroatoms. The summed E-state index contributed by atoms with van der Waals surface area (Å²) in [6.07, 6.45) is 3.05. The minimum absolute atomic E-state index is 0.276. The minimum Gasteiger partial charge on any atom is -0.383 e. The first-order chi connectivity index (χ1) is 11.8. The second kappa shape index (κ2) is 7.47. The summed E-state index contributed by atoms with van der Waals surface area (Å²) in [6, 6.07) is 11.0. The van der Waals surface area contributed by atoms with Crippen molar-refractivity contribution in [3.8, 4) is 0 Å². The Morgan fingerprint density at radius 3 is 2.92 bits per heavy atom. The quantitative estimate of drug-likeness (QED) is 0.677. The first kappa shape index (κ1) is 15.8. The third-order valence-corrected chi connectivity index (χ3v) is 3.39. The second-order valence-corrected chi connectivity index (χ2v) is 5.04. The molecule has 0 saturated carbocycles. The molecule has 122 valence electrons. The molecule has 0 saturated heterocycles. The van der Waals surface area contributed by atoms with E-state index in [9.17, 15) is 4.79 Å². The maximum absolute atomic E-state index is 12.5. The maximum atomic E-state index is 12.5. The van der Waals surface area contributed by atoms with Crippen molar-refractivity contribution in [1.29, 1.82) is 0 Å². The lowest BCUT2D eigenvalue weighted by molar-refractivity contribution is 0.102. The van der Waals surface area contributed by atoms with Crippen LogP contribution in [0.3, 0.4) is 0 Å². The summed E-state index contributed by atoms with van der Waals surface area (Å²) in [6.45, 7) is 1.15. The lowest BCUT2D eigenvalue weighted by atomic mass is 10.2. The zero-order valence-corrected chi connectivity index (χ0v) is 13.2. The number of methoxy groups -OCH3 is 1. The van der Waals surface area contributed by atoms with E-state index < -0.39 is 0 Å². The van der Waals surface area contributed by atoms with Gasteiger partial charge < -0.3 is 15.4 Å². The standard InChI is InChI=1S/C17H17N5O2/c1-24-9-8-18-15-10-14(20-11-21-15)17(23)22-13-6-2-4-12-5-3-7-19-16(12)13/h2-7,10-11H,8-9H2,1H3,(H,22,23)(H,18,20,21). The molecule has 2 N–H and O–H groups in total. The summed E-state index contributed by atoms with van der Waals surface area (Å²) >= 11 is 0. The highest BCUT2D eigenvalue weighted by Gasteiger charge is 2.11. The Morgan fingerprint density at radius 1 is 1.17 bits per heavy atom. The third kappa shape index (κ3) is 3.64. The molecule has 0 aliphatic heterocycles. The van der Waals surface area contributed by atoms with Gasteiger partial charge in [-0.2, -0.15) is 0 Å². The van der Waals surface area contributed by atoms with Crippen LogP contribution in [0.5, 0.6) is 0 Å². The van der Waals surface area contributed by atoms with Gasteiger partial charge in [-0.15, -0.1) is 0 Å². The SMILES string of the molecule is COCCNc1cc(C(=O)Nc2cccc3cccnc23)ncn1. The van der Waals surface area contributed by atoms with Crippen LogP contribution in [0.2, 0.25) is 0 Å². The number of hydrogen-bond acceptors (Lipinski definition) is 6. The molecule has 24 heavy (non-hydrogen) atoms. The zero-order chi connectivity index (χ0) is 16.8. The molecule has 0 aliphatic rings. The topological polar surface area (TPSA) is 89.0 Å². The van der Waals surface area contributed by atoms with Gasteiger partial charge in [0.1, 0.15) is 17.8 Å². The van der Waals surface area contributed by atoms with Crippen molar-refractivity contribution in [2.24, 2.45) is 0 Å². The monoisotopic (exact) mass is 323 g/mol. The van der Waals surface area contributed by atoms with Crippen molar-refractivity contribution < 1.29 is 9.53 Å². The number of rotatable bonds is 6. The fourth-order valence-electron chi connectivity index (χ4n) is 2.25. The Hall–Kier alpha value is -3.06. The van der Waals surface area contributed by atoms with Gasteiger partial charge in [-0.05, 0) is 12.1 Å². The Balaban J connectivity index is 1.78. The van der Waals surface area contributed by atoms with Crippen LogP contribution < -0.4 is 10.6 Å².